The maximum atomic E-state index is 14.1. The van der Waals surface area contributed by atoms with Crippen LogP contribution in [0.1, 0.15) is 20.8 Å². The second-order valence-electron chi connectivity index (χ2n) is 5.37. The van der Waals surface area contributed by atoms with E-state index >= 15 is 0 Å². The van der Waals surface area contributed by atoms with Crippen molar-refractivity contribution in [1.82, 2.24) is 14.8 Å². The van der Waals surface area contributed by atoms with Gasteiger partial charge in [0, 0.05) is 21.2 Å². The monoisotopic (exact) mass is 351 g/mol. The van der Waals surface area contributed by atoms with Crippen molar-refractivity contribution in [2.75, 3.05) is 0 Å². The van der Waals surface area contributed by atoms with Crippen LogP contribution in [0.2, 0.25) is 5.02 Å². The fourth-order valence-corrected chi connectivity index (χ4v) is 3.05. The highest BCUT2D eigenvalue weighted by atomic mass is 35.7. The van der Waals surface area contributed by atoms with E-state index in [1.807, 2.05) is 0 Å². The molecule has 0 bridgehead atoms. The molecule has 2 rings (SSSR count). The maximum absolute atomic E-state index is 14.1. The Morgan fingerprint density at radius 1 is 1.24 bits per heavy atom. The molecule has 1 aromatic heterocycles. The van der Waals surface area contributed by atoms with Gasteiger partial charge >= 0.3 is 0 Å². The molecule has 1 aromatic carbocycles. The summed E-state index contributed by atoms with van der Waals surface area (Å²) in [5.41, 5.74) is -0.629. The van der Waals surface area contributed by atoms with Crippen molar-refractivity contribution >= 4 is 31.3 Å². The van der Waals surface area contributed by atoms with E-state index in [9.17, 15) is 12.8 Å². The van der Waals surface area contributed by atoms with Crippen LogP contribution in [0.25, 0.3) is 11.4 Å². The van der Waals surface area contributed by atoms with Crippen LogP contribution in [0.3, 0.4) is 0 Å². The van der Waals surface area contributed by atoms with Crippen molar-refractivity contribution in [1.29, 1.82) is 0 Å². The molecule has 0 N–H and O–H groups in total. The smallest absolute Gasteiger partial charge is 0.291 e. The van der Waals surface area contributed by atoms with Crippen LogP contribution in [-0.2, 0) is 14.6 Å². The summed E-state index contributed by atoms with van der Waals surface area (Å²) in [6.07, 6.45) is 0. The molecule has 0 aliphatic heterocycles. The summed E-state index contributed by atoms with van der Waals surface area (Å²) in [5, 5.41) is 7.16. The van der Waals surface area contributed by atoms with Crippen LogP contribution in [0.5, 0.6) is 0 Å². The number of hydrogen-bond acceptors (Lipinski definition) is 4. The average Bonchev–Trinajstić information content (AvgIpc) is 2.72. The SMILES string of the molecule is CC(C)(C)n1c(-c2ccc(Cl)cc2F)nnc1S(=O)(=O)Cl. The van der Waals surface area contributed by atoms with Crippen molar-refractivity contribution in [3.63, 3.8) is 0 Å². The molecule has 0 unspecified atom stereocenters. The molecule has 2 aromatic rings. The van der Waals surface area contributed by atoms with Crippen LogP contribution in [0.4, 0.5) is 4.39 Å². The Balaban J connectivity index is 2.80. The summed E-state index contributed by atoms with van der Waals surface area (Å²) in [6, 6.07) is 4.01. The summed E-state index contributed by atoms with van der Waals surface area (Å²) in [7, 11) is 1.26. The summed E-state index contributed by atoms with van der Waals surface area (Å²) in [5.74, 6) is -0.560. The highest BCUT2D eigenvalue weighted by Gasteiger charge is 2.31. The molecule has 0 radical (unpaired) electrons. The summed E-state index contributed by atoms with van der Waals surface area (Å²) >= 11 is 5.71. The van der Waals surface area contributed by atoms with Crippen LogP contribution in [0.15, 0.2) is 23.4 Å². The fourth-order valence-electron chi connectivity index (χ4n) is 1.88. The number of benzene rings is 1. The first-order valence-electron chi connectivity index (χ1n) is 5.88. The van der Waals surface area contributed by atoms with E-state index in [4.69, 9.17) is 22.3 Å². The lowest BCUT2D eigenvalue weighted by Crippen LogP contribution is -2.26. The molecular formula is C12H12Cl2FN3O2S. The van der Waals surface area contributed by atoms with E-state index < -0.39 is 25.6 Å². The van der Waals surface area contributed by atoms with Crippen molar-refractivity contribution in [2.45, 2.75) is 31.5 Å². The number of hydrogen-bond donors (Lipinski definition) is 0. The van der Waals surface area contributed by atoms with Gasteiger partial charge in [0.1, 0.15) is 5.82 Å². The van der Waals surface area contributed by atoms with E-state index in [-0.39, 0.29) is 16.4 Å². The predicted molar refractivity (Wildman–Crippen MR) is 78.5 cm³/mol. The third-order valence-electron chi connectivity index (χ3n) is 2.69. The Hall–Kier alpha value is -1.18. The van der Waals surface area contributed by atoms with Gasteiger partial charge in [-0.1, -0.05) is 11.6 Å². The first-order valence-corrected chi connectivity index (χ1v) is 8.56. The maximum Gasteiger partial charge on any atom is 0.296 e. The highest BCUT2D eigenvalue weighted by molar-refractivity contribution is 8.13. The van der Waals surface area contributed by atoms with Gasteiger partial charge in [-0.25, -0.2) is 12.8 Å². The summed E-state index contributed by atoms with van der Waals surface area (Å²) < 4.78 is 38.6. The first-order chi connectivity index (χ1) is 9.51. The summed E-state index contributed by atoms with van der Waals surface area (Å²) in [4.78, 5) is 0. The molecule has 0 atom stereocenters. The topological polar surface area (TPSA) is 64.8 Å². The molecule has 0 aliphatic carbocycles. The van der Waals surface area contributed by atoms with Crippen molar-refractivity contribution in [3.8, 4) is 11.4 Å². The first kappa shape index (κ1) is 16.2. The van der Waals surface area contributed by atoms with Crippen LogP contribution >= 0.6 is 22.3 Å². The van der Waals surface area contributed by atoms with Crippen molar-refractivity contribution in [2.24, 2.45) is 0 Å². The van der Waals surface area contributed by atoms with Gasteiger partial charge < -0.3 is 0 Å². The molecule has 0 amide bonds. The number of nitrogens with zero attached hydrogens (tertiary/aromatic N) is 3. The quantitative estimate of drug-likeness (QED) is 0.777. The van der Waals surface area contributed by atoms with Gasteiger partial charge in [-0.2, -0.15) is 0 Å². The molecule has 1 heterocycles. The zero-order valence-electron chi connectivity index (χ0n) is 11.4. The Morgan fingerprint density at radius 2 is 1.86 bits per heavy atom. The Labute approximate surface area is 131 Å². The average molecular weight is 352 g/mol. The summed E-state index contributed by atoms with van der Waals surface area (Å²) in [6.45, 7) is 5.21. The predicted octanol–water partition coefficient (Wildman–Crippen LogP) is 3.42. The van der Waals surface area contributed by atoms with E-state index in [1.54, 1.807) is 20.8 Å². The lowest BCUT2D eigenvalue weighted by Gasteiger charge is -2.24. The van der Waals surface area contributed by atoms with E-state index in [2.05, 4.69) is 10.2 Å². The Kier molecular flexibility index (Phi) is 4.03. The van der Waals surface area contributed by atoms with Gasteiger partial charge in [0.25, 0.3) is 14.2 Å². The lowest BCUT2D eigenvalue weighted by atomic mass is 10.1. The van der Waals surface area contributed by atoms with Crippen molar-refractivity contribution < 1.29 is 12.8 Å². The zero-order valence-corrected chi connectivity index (χ0v) is 13.8. The third-order valence-corrected chi connectivity index (χ3v) is 4.04. The van der Waals surface area contributed by atoms with E-state index in [0.717, 1.165) is 6.07 Å². The zero-order chi connectivity index (χ0) is 16.0. The molecule has 0 fully saturated rings. The molecule has 0 spiro atoms. The number of rotatable bonds is 2. The molecule has 9 heteroatoms. The molecule has 0 saturated carbocycles. The van der Waals surface area contributed by atoms with Crippen LogP contribution in [0, 0.1) is 5.82 Å². The standard InChI is InChI=1S/C12H12Cl2FN3O2S/c1-12(2,3)18-10(16-17-11(18)21(14,19)20)8-5-4-7(13)6-9(8)15/h4-6H,1-3H3. The Morgan fingerprint density at radius 3 is 2.33 bits per heavy atom. The molecular weight excluding hydrogens is 340 g/mol. The van der Waals surface area contributed by atoms with Crippen LogP contribution in [-0.4, -0.2) is 23.2 Å². The normalized spacial score (nSPS) is 12.7. The molecule has 114 valence electrons. The second kappa shape index (κ2) is 5.23. The molecule has 0 aliphatic rings. The number of halogens is 3. The molecule has 5 nitrogen and oxygen atoms in total. The largest absolute Gasteiger partial charge is 0.296 e. The van der Waals surface area contributed by atoms with E-state index in [1.165, 1.54) is 16.7 Å². The molecule has 0 saturated heterocycles. The van der Waals surface area contributed by atoms with Gasteiger partial charge in [0.05, 0.1) is 5.56 Å². The van der Waals surface area contributed by atoms with E-state index in [0.29, 0.717) is 0 Å². The minimum absolute atomic E-state index is 0.0656. The fraction of sp³-hybridized carbons (Fsp3) is 0.333. The van der Waals surface area contributed by atoms with Gasteiger partial charge in [-0.05, 0) is 39.0 Å². The minimum atomic E-state index is -4.11. The van der Waals surface area contributed by atoms with Gasteiger partial charge in [-0.15, -0.1) is 10.2 Å². The second-order valence-corrected chi connectivity index (χ2v) is 8.27. The van der Waals surface area contributed by atoms with Gasteiger partial charge in [-0.3, -0.25) is 4.57 Å². The number of aromatic nitrogens is 3. The van der Waals surface area contributed by atoms with Gasteiger partial charge in [0.15, 0.2) is 5.82 Å². The lowest BCUT2D eigenvalue weighted by molar-refractivity contribution is 0.366. The van der Waals surface area contributed by atoms with Crippen LogP contribution < -0.4 is 0 Å². The van der Waals surface area contributed by atoms with Crippen molar-refractivity contribution in [3.05, 3.63) is 29.0 Å². The highest BCUT2D eigenvalue weighted by Crippen LogP contribution is 2.31. The third kappa shape index (κ3) is 3.20. The Bertz CT molecular complexity index is 797. The molecule has 21 heavy (non-hydrogen) atoms. The van der Waals surface area contributed by atoms with Gasteiger partial charge in [0.2, 0.25) is 0 Å². The minimum Gasteiger partial charge on any atom is -0.291 e.